The number of benzene rings is 1. The molecule has 0 aromatic heterocycles. The Hall–Kier alpha value is -1.56. The average Bonchev–Trinajstić information content (AvgIpc) is 2.37. The van der Waals surface area contributed by atoms with Gasteiger partial charge in [-0.2, -0.15) is 0 Å². The SMILES string of the molecule is CC(N)C1CCN(C(=O)c2c(F)cc(F)cc2F)CC1. The summed E-state index contributed by atoms with van der Waals surface area (Å²) in [4.78, 5) is 13.5. The van der Waals surface area contributed by atoms with Crippen molar-refractivity contribution in [2.45, 2.75) is 25.8 Å². The van der Waals surface area contributed by atoms with Crippen molar-refractivity contribution in [2.24, 2.45) is 11.7 Å². The van der Waals surface area contributed by atoms with E-state index >= 15 is 0 Å². The summed E-state index contributed by atoms with van der Waals surface area (Å²) in [7, 11) is 0. The lowest BCUT2D eigenvalue weighted by molar-refractivity contribution is 0.0671. The molecule has 6 heteroatoms. The first kappa shape index (κ1) is 14.8. The van der Waals surface area contributed by atoms with Crippen LogP contribution in [0.3, 0.4) is 0 Å². The highest BCUT2D eigenvalue weighted by molar-refractivity contribution is 5.94. The van der Waals surface area contributed by atoms with Gasteiger partial charge >= 0.3 is 0 Å². The lowest BCUT2D eigenvalue weighted by atomic mass is 9.90. The Bertz CT molecular complexity index is 488. The first-order valence-corrected chi connectivity index (χ1v) is 6.59. The molecule has 1 amide bonds. The second-order valence-electron chi connectivity index (χ2n) is 5.23. The molecule has 0 saturated carbocycles. The fourth-order valence-electron chi connectivity index (χ4n) is 2.53. The number of nitrogens with two attached hydrogens (primary N) is 1. The van der Waals surface area contributed by atoms with Gasteiger partial charge in [0, 0.05) is 31.3 Å². The van der Waals surface area contributed by atoms with E-state index in [9.17, 15) is 18.0 Å². The molecule has 1 aromatic carbocycles. The third kappa shape index (κ3) is 2.95. The molecule has 0 radical (unpaired) electrons. The summed E-state index contributed by atoms with van der Waals surface area (Å²) in [5.41, 5.74) is 5.11. The van der Waals surface area contributed by atoms with Crippen molar-refractivity contribution in [3.63, 3.8) is 0 Å². The number of carbonyl (C=O) groups excluding carboxylic acids is 1. The summed E-state index contributed by atoms with van der Waals surface area (Å²) < 4.78 is 40.0. The molecular formula is C14H17F3N2O. The molecule has 1 aliphatic heterocycles. The highest BCUT2D eigenvalue weighted by Gasteiger charge is 2.28. The maximum Gasteiger partial charge on any atom is 0.259 e. The minimum absolute atomic E-state index is 0.0338. The lowest BCUT2D eigenvalue weighted by Crippen LogP contribution is -2.43. The number of amides is 1. The van der Waals surface area contributed by atoms with Crippen molar-refractivity contribution in [3.8, 4) is 0 Å². The van der Waals surface area contributed by atoms with E-state index in [1.807, 2.05) is 6.92 Å². The van der Waals surface area contributed by atoms with Crippen LogP contribution in [0.2, 0.25) is 0 Å². The Labute approximate surface area is 115 Å². The summed E-state index contributed by atoms with van der Waals surface area (Å²) >= 11 is 0. The summed E-state index contributed by atoms with van der Waals surface area (Å²) in [6.45, 7) is 2.71. The first-order chi connectivity index (χ1) is 9.40. The lowest BCUT2D eigenvalue weighted by Gasteiger charge is -2.33. The molecule has 1 unspecified atom stereocenters. The van der Waals surface area contributed by atoms with Crippen LogP contribution in [-0.4, -0.2) is 29.9 Å². The van der Waals surface area contributed by atoms with Crippen LogP contribution in [0, 0.1) is 23.4 Å². The summed E-state index contributed by atoms with van der Waals surface area (Å²) in [5.74, 6) is -3.79. The van der Waals surface area contributed by atoms with Crippen LogP contribution in [0.15, 0.2) is 12.1 Å². The Kier molecular flexibility index (Phi) is 4.32. The second kappa shape index (κ2) is 5.83. The number of hydrogen-bond donors (Lipinski definition) is 1. The van der Waals surface area contributed by atoms with E-state index in [0.29, 0.717) is 44.0 Å². The van der Waals surface area contributed by atoms with Gasteiger partial charge in [0.15, 0.2) is 0 Å². The second-order valence-corrected chi connectivity index (χ2v) is 5.23. The normalized spacial score (nSPS) is 18.1. The van der Waals surface area contributed by atoms with Crippen LogP contribution in [0.4, 0.5) is 13.2 Å². The van der Waals surface area contributed by atoms with Crippen molar-refractivity contribution >= 4 is 5.91 Å². The number of halogens is 3. The van der Waals surface area contributed by atoms with Gasteiger partial charge in [0.1, 0.15) is 23.0 Å². The van der Waals surface area contributed by atoms with Crippen LogP contribution in [0.1, 0.15) is 30.1 Å². The molecule has 1 aromatic rings. The molecule has 20 heavy (non-hydrogen) atoms. The third-order valence-electron chi connectivity index (χ3n) is 3.79. The quantitative estimate of drug-likeness (QED) is 0.906. The number of nitrogens with zero attached hydrogens (tertiary/aromatic N) is 1. The molecule has 0 spiro atoms. The van der Waals surface area contributed by atoms with Crippen molar-refractivity contribution in [2.75, 3.05) is 13.1 Å². The van der Waals surface area contributed by atoms with Gasteiger partial charge < -0.3 is 10.6 Å². The molecule has 1 heterocycles. The average molecular weight is 286 g/mol. The van der Waals surface area contributed by atoms with Gasteiger partial charge in [0.25, 0.3) is 5.91 Å². The zero-order valence-corrected chi connectivity index (χ0v) is 11.2. The molecule has 1 aliphatic rings. The standard InChI is InChI=1S/C14H17F3N2O/c1-8(18)9-2-4-19(5-3-9)14(20)13-11(16)6-10(15)7-12(13)17/h6-9H,2-5,18H2,1H3. The monoisotopic (exact) mass is 286 g/mol. The van der Waals surface area contributed by atoms with Gasteiger partial charge in [-0.3, -0.25) is 4.79 Å². The number of carbonyl (C=O) groups is 1. The molecule has 1 saturated heterocycles. The van der Waals surface area contributed by atoms with Gasteiger partial charge in [-0.25, -0.2) is 13.2 Å². The van der Waals surface area contributed by atoms with Crippen LogP contribution >= 0.6 is 0 Å². The molecule has 0 bridgehead atoms. The fraction of sp³-hybridized carbons (Fsp3) is 0.500. The maximum absolute atomic E-state index is 13.6. The van der Waals surface area contributed by atoms with E-state index in [1.165, 1.54) is 4.90 Å². The maximum atomic E-state index is 13.6. The third-order valence-corrected chi connectivity index (χ3v) is 3.79. The highest BCUT2D eigenvalue weighted by atomic mass is 19.1. The fourth-order valence-corrected chi connectivity index (χ4v) is 2.53. The smallest absolute Gasteiger partial charge is 0.259 e. The van der Waals surface area contributed by atoms with Gasteiger partial charge in [-0.15, -0.1) is 0 Å². The minimum Gasteiger partial charge on any atom is -0.338 e. The molecule has 1 atom stereocenters. The number of likely N-dealkylation sites (tertiary alicyclic amines) is 1. The molecule has 1 fully saturated rings. The first-order valence-electron chi connectivity index (χ1n) is 6.59. The van der Waals surface area contributed by atoms with Crippen LogP contribution in [-0.2, 0) is 0 Å². The summed E-state index contributed by atoms with van der Waals surface area (Å²) in [5, 5.41) is 0. The number of piperidine rings is 1. The molecular weight excluding hydrogens is 269 g/mol. The topological polar surface area (TPSA) is 46.3 Å². The van der Waals surface area contributed by atoms with Crippen LogP contribution < -0.4 is 5.73 Å². The molecule has 3 nitrogen and oxygen atoms in total. The zero-order valence-electron chi connectivity index (χ0n) is 11.2. The number of hydrogen-bond acceptors (Lipinski definition) is 2. The summed E-state index contributed by atoms with van der Waals surface area (Å²) in [6.07, 6.45) is 1.40. The van der Waals surface area contributed by atoms with Crippen LogP contribution in [0.25, 0.3) is 0 Å². The van der Waals surface area contributed by atoms with E-state index in [-0.39, 0.29) is 6.04 Å². The molecule has 2 N–H and O–H groups in total. The van der Waals surface area contributed by atoms with Crippen molar-refractivity contribution < 1.29 is 18.0 Å². The van der Waals surface area contributed by atoms with Gasteiger partial charge in [-0.1, -0.05) is 0 Å². The van der Waals surface area contributed by atoms with E-state index < -0.39 is 28.9 Å². The van der Waals surface area contributed by atoms with E-state index in [2.05, 4.69) is 0 Å². The Morgan fingerprint density at radius 2 is 1.75 bits per heavy atom. The molecule has 0 aliphatic carbocycles. The predicted molar refractivity (Wildman–Crippen MR) is 68.6 cm³/mol. The number of rotatable bonds is 2. The van der Waals surface area contributed by atoms with Gasteiger partial charge in [0.2, 0.25) is 0 Å². The van der Waals surface area contributed by atoms with Crippen molar-refractivity contribution in [3.05, 3.63) is 35.1 Å². The molecule has 110 valence electrons. The summed E-state index contributed by atoms with van der Waals surface area (Å²) in [6, 6.07) is 1.07. The van der Waals surface area contributed by atoms with Gasteiger partial charge in [-0.05, 0) is 25.7 Å². The largest absolute Gasteiger partial charge is 0.338 e. The Morgan fingerprint density at radius 3 is 2.20 bits per heavy atom. The predicted octanol–water partition coefficient (Wildman–Crippen LogP) is 2.30. The van der Waals surface area contributed by atoms with Crippen molar-refractivity contribution in [1.82, 2.24) is 4.90 Å². The van der Waals surface area contributed by atoms with E-state index in [4.69, 9.17) is 5.73 Å². The van der Waals surface area contributed by atoms with E-state index in [0.717, 1.165) is 0 Å². The van der Waals surface area contributed by atoms with Crippen LogP contribution in [0.5, 0.6) is 0 Å². The molecule has 2 rings (SSSR count). The van der Waals surface area contributed by atoms with Crippen molar-refractivity contribution in [1.29, 1.82) is 0 Å². The zero-order chi connectivity index (χ0) is 14.9. The Balaban J connectivity index is 2.14. The highest BCUT2D eigenvalue weighted by Crippen LogP contribution is 2.23. The van der Waals surface area contributed by atoms with Gasteiger partial charge in [0.05, 0.1) is 0 Å². The minimum atomic E-state index is -1.16. The Morgan fingerprint density at radius 1 is 1.25 bits per heavy atom. The van der Waals surface area contributed by atoms with E-state index in [1.54, 1.807) is 0 Å².